The standard InChI is InChI=1S/C22H33N/c1-3-5-7-8-19-9-11-20(12-10-19)21-13-16-22(18-23,17-14-21)15-6-4-2/h9-12,21H,3-8,13-17H2,1-2H3. The summed E-state index contributed by atoms with van der Waals surface area (Å²) in [6.45, 7) is 4.48. The summed E-state index contributed by atoms with van der Waals surface area (Å²) in [4.78, 5) is 0. The van der Waals surface area contributed by atoms with Crippen molar-refractivity contribution in [2.24, 2.45) is 5.41 Å². The molecular weight excluding hydrogens is 278 g/mol. The molecule has 0 aliphatic heterocycles. The van der Waals surface area contributed by atoms with Gasteiger partial charge in [-0.25, -0.2) is 0 Å². The van der Waals surface area contributed by atoms with E-state index in [0.717, 1.165) is 19.3 Å². The number of rotatable bonds is 8. The van der Waals surface area contributed by atoms with Crippen LogP contribution in [0.15, 0.2) is 24.3 Å². The van der Waals surface area contributed by atoms with Crippen LogP contribution in [0.3, 0.4) is 0 Å². The summed E-state index contributed by atoms with van der Waals surface area (Å²) in [5, 5.41) is 9.61. The first-order valence-corrected chi connectivity index (χ1v) is 9.73. The van der Waals surface area contributed by atoms with Crippen LogP contribution in [0.2, 0.25) is 0 Å². The van der Waals surface area contributed by atoms with Gasteiger partial charge in [0.2, 0.25) is 0 Å². The average Bonchev–Trinajstić information content (AvgIpc) is 2.61. The largest absolute Gasteiger partial charge is 0.198 e. The summed E-state index contributed by atoms with van der Waals surface area (Å²) >= 11 is 0. The molecule has 1 saturated carbocycles. The molecule has 1 aliphatic carbocycles. The van der Waals surface area contributed by atoms with Crippen LogP contribution in [0, 0.1) is 16.7 Å². The summed E-state index contributed by atoms with van der Waals surface area (Å²) < 4.78 is 0. The van der Waals surface area contributed by atoms with Crippen molar-refractivity contribution < 1.29 is 0 Å². The van der Waals surface area contributed by atoms with E-state index in [4.69, 9.17) is 0 Å². The molecule has 0 heterocycles. The lowest BCUT2D eigenvalue weighted by atomic mass is 9.67. The van der Waals surface area contributed by atoms with Crippen molar-refractivity contribution in [2.75, 3.05) is 0 Å². The fourth-order valence-electron chi connectivity index (χ4n) is 3.97. The first-order valence-electron chi connectivity index (χ1n) is 9.73. The minimum Gasteiger partial charge on any atom is -0.198 e. The minimum absolute atomic E-state index is 0.0212. The van der Waals surface area contributed by atoms with Crippen LogP contribution in [0.25, 0.3) is 0 Å². The lowest BCUT2D eigenvalue weighted by Gasteiger charge is -2.35. The summed E-state index contributed by atoms with van der Waals surface area (Å²) in [6.07, 6.45) is 13.2. The highest BCUT2D eigenvalue weighted by Crippen LogP contribution is 2.45. The normalized spacial score (nSPS) is 24.3. The number of hydrogen-bond donors (Lipinski definition) is 0. The van der Waals surface area contributed by atoms with E-state index in [1.165, 1.54) is 62.5 Å². The van der Waals surface area contributed by atoms with Gasteiger partial charge >= 0.3 is 0 Å². The summed E-state index contributed by atoms with van der Waals surface area (Å²) in [5.41, 5.74) is 2.95. The van der Waals surface area contributed by atoms with E-state index in [9.17, 15) is 5.26 Å². The molecule has 23 heavy (non-hydrogen) atoms. The number of aryl methyl sites for hydroxylation is 1. The van der Waals surface area contributed by atoms with Gasteiger partial charge in [0, 0.05) is 0 Å². The van der Waals surface area contributed by atoms with Crippen LogP contribution < -0.4 is 0 Å². The zero-order valence-corrected chi connectivity index (χ0v) is 15.1. The van der Waals surface area contributed by atoms with Crippen LogP contribution >= 0.6 is 0 Å². The molecule has 0 N–H and O–H groups in total. The zero-order valence-electron chi connectivity index (χ0n) is 15.1. The van der Waals surface area contributed by atoms with E-state index in [-0.39, 0.29) is 5.41 Å². The molecular formula is C22H33N. The van der Waals surface area contributed by atoms with E-state index in [0.29, 0.717) is 5.92 Å². The van der Waals surface area contributed by atoms with Gasteiger partial charge < -0.3 is 0 Å². The molecule has 0 amide bonds. The molecule has 0 unspecified atom stereocenters. The fraction of sp³-hybridized carbons (Fsp3) is 0.682. The third-order valence-corrected chi connectivity index (χ3v) is 5.71. The molecule has 1 aromatic rings. The minimum atomic E-state index is -0.0212. The molecule has 0 atom stereocenters. The Kier molecular flexibility index (Phi) is 7.15. The number of nitriles is 1. The van der Waals surface area contributed by atoms with Crippen LogP contribution in [0.5, 0.6) is 0 Å². The Bertz CT molecular complexity index is 486. The molecule has 0 spiro atoms. The Morgan fingerprint density at radius 3 is 2.22 bits per heavy atom. The fourth-order valence-corrected chi connectivity index (χ4v) is 3.97. The maximum Gasteiger partial charge on any atom is 0.0689 e. The monoisotopic (exact) mass is 311 g/mol. The molecule has 1 nitrogen and oxygen atoms in total. The Labute approximate surface area is 143 Å². The van der Waals surface area contributed by atoms with Crippen molar-refractivity contribution in [1.82, 2.24) is 0 Å². The van der Waals surface area contributed by atoms with E-state index in [1.807, 2.05) is 0 Å². The summed E-state index contributed by atoms with van der Waals surface area (Å²) in [5.74, 6) is 0.669. The molecule has 1 heteroatoms. The molecule has 1 aliphatic rings. The van der Waals surface area contributed by atoms with Gasteiger partial charge in [-0.2, -0.15) is 5.26 Å². The number of benzene rings is 1. The smallest absolute Gasteiger partial charge is 0.0689 e. The van der Waals surface area contributed by atoms with Crippen LogP contribution in [0.1, 0.15) is 95.1 Å². The maximum atomic E-state index is 9.61. The van der Waals surface area contributed by atoms with Crippen molar-refractivity contribution >= 4 is 0 Å². The molecule has 0 saturated heterocycles. The van der Waals surface area contributed by atoms with Gasteiger partial charge in [0.05, 0.1) is 11.5 Å². The van der Waals surface area contributed by atoms with E-state index < -0.39 is 0 Å². The van der Waals surface area contributed by atoms with Gasteiger partial charge in [-0.15, -0.1) is 0 Å². The second-order valence-corrected chi connectivity index (χ2v) is 7.47. The SMILES string of the molecule is CCCCCc1ccc(C2CCC(C#N)(CCCC)CC2)cc1. The van der Waals surface area contributed by atoms with Crippen LogP contribution in [-0.4, -0.2) is 0 Å². The van der Waals surface area contributed by atoms with Gasteiger partial charge in [-0.05, 0) is 62.0 Å². The Hall–Kier alpha value is -1.29. The molecule has 0 bridgehead atoms. The molecule has 2 rings (SSSR count). The van der Waals surface area contributed by atoms with Crippen molar-refractivity contribution in [3.05, 3.63) is 35.4 Å². The van der Waals surface area contributed by atoms with Crippen molar-refractivity contribution in [2.45, 2.75) is 90.4 Å². The maximum absolute atomic E-state index is 9.61. The first-order chi connectivity index (χ1) is 11.2. The first kappa shape index (κ1) is 18.1. The number of nitrogens with zero attached hydrogens (tertiary/aromatic N) is 1. The lowest BCUT2D eigenvalue weighted by Crippen LogP contribution is -2.25. The Morgan fingerprint density at radius 2 is 1.65 bits per heavy atom. The highest BCUT2D eigenvalue weighted by Gasteiger charge is 2.35. The second kappa shape index (κ2) is 9.11. The summed E-state index contributed by atoms with van der Waals surface area (Å²) in [6, 6.07) is 12.0. The predicted octanol–water partition coefficient (Wildman–Crippen LogP) is 6.78. The second-order valence-electron chi connectivity index (χ2n) is 7.47. The highest BCUT2D eigenvalue weighted by molar-refractivity contribution is 5.26. The Morgan fingerprint density at radius 1 is 1.00 bits per heavy atom. The van der Waals surface area contributed by atoms with Gasteiger partial charge in [-0.1, -0.05) is 63.8 Å². The molecule has 1 aromatic carbocycles. The predicted molar refractivity (Wildman–Crippen MR) is 98.5 cm³/mol. The van der Waals surface area contributed by atoms with E-state index in [2.05, 4.69) is 44.2 Å². The number of unbranched alkanes of at least 4 members (excludes halogenated alkanes) is 3. The van der Waals surface area contributed by atoms with Crippen molar-refractivity contribution in [3.63, 3.8) is 0 Å². The molecule has 0 radical (unpaired) electrons. The molecule has 1 fully saturated rings. The van der Waals surface area contributed by atoms with E-state index in [1.54, 1.807) is 0 Å². The van der Waals surface area contributed by atoms with Gasteiger partial charge in [0.1, 0.15) is 0 Å². The molecule has 126 valence electrons. The Balaban J connectivity index is 1.88. The van der Waals surface area contributed by atoms with E-state index >= 15 is 0 Å². The lowest BCUT2D eigenvalue weighted by molar-refractivity contribution is 0.224. The van der Waals surface area contributed by atoms with Gasteiger partial charge in [0.15, 0.2) is 0 Å². The van der Waals surface area contributed by atoms with Gasteiger partial charge in [0.25, 0.3) is 0 Å². The van der Waals surface area contributed by atoms with Gasteiger partial charge in [-0.3, -0.25) is 0 Å². The van der Waals surface area contributed by atoms with Crippen LogP contribution in [-0.2, 0) is 6.42 Å². The average molecular weight is 312 g/mol. The molecule has 0 aromatic heterocycles. The number of hydrogen-bond acceptors (Lipinski definition) is 1. The van der Waals surface area contributed by atoms with Crippen LogP contribution in [0.4, 0.5) is 0 Å². The quantitative estimate of drug-likeness (QED) is 0.485. The third kappa shape index (κ3) is 5.10. The third-order valence-electron chi connectivity index (χ3n) is 5.71. The van der Waals surface area contributed by atoms with Crippen molar-refractivity contribution in [3.8, 4) is 6.07 Å². The van der Waals surface area contributed by atoms with Crippen molar-refractivity contribution in [1.29, 1.82) is 5.26 Å². The zero-order chi connectivity index (χ0) is 16.5. The summed E-state index contributed by atoms with van der Waals surface area (Å²) in [7, 11) is 0. The topological polar surface area (TPSA) is 23.8 Å². The highest BCUT2D eigenvalue weighted by atomic mass is 14.4.